The fraction of sp³-hybridized carbons (Fsp3) is 0.167. The molecule has 118 valence electrons. The minimum atomic E-state index is 0.208. The van der Waals surface area contributed by atoms with Crippen LogP contribution in [-0.2, 0) is 4.79 Å². The van der Waals surface area contributed by atoms with Gasteiger partial charge < -0.3 is 4.90 Å². The number of hydrogen-bond acceptors (Lipinski definition) is 2. The molecular weight excluding hydrogens is 444 g/mol. The second-order valence-electron chi connectivity index (χ2n) is 5.33. The molecule has 0 radical (unpaired) electrons. The normalized spacial score (nSPS) is 15.0. The third kappa shape index (κ3) is 3.73. The molecule has 0 aromatic heterocycles. The SMILES string of the molecule is O=C1CCCC(N(c2ccc(Cl)cc2)c2ccc(Cl)cc2)=C1I. The van der Waals surface area contributed by atoms with Gasteiger partial charge in [-0.3, -0.25) is 4.79 Å². The van der Waals surface area contributed by atoms with Crippen molar-refractivity contribution in [3.8, 4) is 0 Å². The number of hydrogen-bond donors (Lipinski definition) is 0. The Kier molecular flexibility index (Phi) is 5.29. The number of nitrogens with zero attached hydrogens (tertiary/aromatic N) is 1. The van der Waals surface area contributed by atoms with Gasteiger partial charge in [-0.15, -0.1) is 0 Å². The van der Waals surface area contributed by atoms with Gasteiger partial charge in [0, 0.05) is 33.5 Å². The zero-order chi connectivity index (χ0) is 16.4. The van der Waals surface area contributed by atoms with E-state index >= 15 is 0 Å². The fourth-order valence-electron chi connectivity index (χ4n) is 2.65. The Morgan fingerprint density at radius 3 is 1.78 bits per heavy atom. The van der Waals surface area contributed by atoms with Crippen molar-refractivity contribution in [3.63, 3.8) is 0 Å². The summed E-state index contributed by atoms with van der Waals surface area (Å²) in [7, 11) is 0. The zero-order valence-electron chi connectivity index (χ0n) is 12.2. The lowest BCUT2D eigenvalue weighted by Crippen LogP contribution is -2.22. The van der Waals surface area contributed by atoms with E-state index in [1.807, 2.05) is 48.5 Å². The molecule has 1 aliphatic rings. The molecule has 5 heteroatoms. The van der Waals surface area contributed by atoms with Crippen molar-refractivity contribution < 1.29 is 4.79 Å². The molecule has 0 heterocycles. The largest absolute Gasteiger partial charge is 0.313 e. The summed E-state index contributed by atoms with van der Waals surface area (Å²) in [6, 6.07) is 15.3. The lowest BCUT2D eigenvalue weighted by Gasteiger charge is -2.31. The second kappa shape index (κ2) is 7.24. The van der Waals surface area contributed by atoms with Crippen LogP contribution in [0.2, 0.25) is 10.0 Å². The van der Waals surface area contributed by atoms with E-state index in [-0.39, 0.29) is 5.78 Å². The van der Waals surface area contributed by atoms with Gasteiger partial charge in [0.15, 0.2) is 5.78 Å². The highest BCUT2D eigenvalue weighted by molar-refractivity contribution is 14.1. The first-order chi connectivity index (χ1) is 11.1. The van der Waals surface area contributed by atoms with Crippen molar-refractivity contribution in [2.75, 3.05) is 4.90 Å². The predicted molar refractivity (Wildman–Crippen MR) is 105 cm³/mol. The quantitative estimate of drug-likeness (QED) is 0.488. The molecule has 2 aromatic carbocycles. The lowest BCUT2D eigenvalue weighted by molar-refractivity contribution is -0.115. The molecule has 0 unspecified atom stereocenters. The molecule has 0 fully saturated rings. The maximum atomic E-state index is 12.1. The topological polar surface area (TPSA) is 20.3 Å². The van der Waals surface area contributed by atoms with Crippen LogP contribution in [0.15, 0.2) is 57.8 Å². The Morgan fingerprint density at radius 1 is 0.826 bits per heavy atom. The first kappa shape index (κ1) is 16.8. The number of rotatable bonds is 3. The van der Waals surface area contributed by atoms with E-state index < -0.39 is 0 Å². The van der Waals surface area contributed by atoms with E-state index in [4.69, 9.17) is 23.2 Å². The Hall–Kier alpha value is -1.04. The molecular formula is C18H14Cl2INO. The number of anilines is 2. The van der Waals surface area contributed by atoms with Gasteiger partial charge in [-0.1, -0.05) is 23.2 Å². The maximum absolute atomic E-state index is 12.1. The Bertz CT molecular complexity index is 708. The third-order valence-electron chi connectivity index (χ3n) is 3.76. The molecule has 3 rings (SSSR count). The van der Waals surface area contributed by atoms with Gasteiger partial charge in [-0.25, -0.2) is 0 Å². The van der Waals surface area contributed by atoms with Gasteiger partial charge in [-0.2, -0.15) is 0 Å². The van der Waals surface area contributed by atoms with E-state index in [9.17, 15) is 4.79 Å². The van der Waals surface area contributed by atoms with E-state index in [0.717, 1.165) is 33.5 Å². The van der Waals surface area contributed by atoms with Crippen LogP contribution in [0.1, 0.15) is 19.3 Å². The van der Waals surface area contributed by atoms with Gasteiger partial charge >= 0.3 is 0 Å². The molecule has 0 atom stereocenters. The van der Waals surface area contributed by atoms with Gasteiger partial charge in [-0.05, 0) is 84.0 Å². The third-order valence-corrected chi connectivity index (χ3v) is 5.48. The Balaban J connectivity index is 2.13. The Labute approximate surface area is 159 Å². The van der Waals surface area contributed by atoms with Crippen molar-refractivity contribution in [3.05, 3.63) is 67.9 Å². The number of carbonyl (C=O) groups is 1. The monoisotopic (exact) mass is 457 g/mol. The molecule has 1 aliphatic carbocycles. The summed E-state index contributed by atoms with van der Waals surface area (Å²) >= 11 is 14.2. The van der Waals surface area contributed by atoms with Crippen molar-refractivity contribution >= 4 is 63.0 Å². The van der Waals surface area contributed by atoms with Crippen LogP contribution in [-0.4, -0.2) is 5.78 Å². The van der Waals surface area contributed by atoms with Crippen molar-refractivity contribution in [2.24, 2.45) is 0 Å². The highest BCUT2D eigenvalue weighted by Gasteiger charge is 2.24. The van der Waals surface area contributed by atoms with Gasteiger partial charge in [0.25, 0.3) is 0 Å². The second-order valence-corrected chi connectivity index (χ2v) is 7.28. The van der Waals surface area contributed by atoms with E-state index in [0.29, 0.717) is 16.5 Å². The molecule has 0 amide bonds. The number of benzene rings is 2. The van der Waals surface area contributed by atoms with Crippen molar-refractivity contribution in [2.45, 2.75) is 19.3 Å². The Morgan fingerprint density at radius 2 is 1.30 bits per heavy atom. The van der Waals surface area contributed by atoms with E-state index in [1.54, 1.807) is 0 Å². The molecule has 0 saturated heterocycles. The van der Waals surface area contributed by atoms with Gasteiger partial charge in [0.2, 0.25) is 0 Å². The van der Waals surface area contributed by atoms with Crippen molar-refractivity contribution in [1.29, 1.82) is 0 Å². The molecule has 0 bridgehead atoms. The van der Waals surface area contributed by atoms with Crippen LogP contribution >= 0.6 is 45.8 Å². The minimum Gasteiger partial charge on any atom is -0.313 e. The minimum absolute atomic E-state index is 0.208. The van der Waals surface area contributed by atoms with Crippen LogP contribution in [0, 0.1) is 0 Å². The molecule has 2 nitrogen and oxygen atoms in total. The first-order valence-corrected chi connectivity index (χ1v) is 9.13. The van der Waals surface area contributed by atoms with Gasteiger partial charge in [0.05, 0.1) is 3.58 Å². The molecule has 23 heavy (non-hydrogen) atoms. The van der Waals surface area contributed by atoms with Crippen LogP contribution in [0.4, 0.5) is 11.4 Å². The highest BCUT2D eigenvalue weighted by Crippen LogP contribution is 2.38. The summed E-state index contributed by atoms with van der Waals surface area (Å²) in [5, 5.41) is 1.38. The first-order valence-electron chi connectivity index (χ1n) is 7.29. The standard InChI is InChI=1S/C18H14Cl2INO/c19-12-4-8-14(9-5-12)22(15-10-6-13(20)7-11-15)16-2-1-3-17(23)18(16)21/h4-11H,1-3H2. The highest BCUT2D eigenvalue weighted by atomic mass is 127. The average molecular weight is 458 g/mol. The van der Waals surface area contributed by atoms with E-state index in [1.165, 1.54) is 0 Å². The van der Waals surface area contributed by atoms with Crippen LogP contribution in [0.5, 0.6) is 0 Å². The number of Topliss-reactive ketones (excluding diaryl/α,β-unsaturated/α-hetero) is 1. The van der Waals surface area contributed by atoms with Crippen LogP contribution in [0.3, 0.4) is 0 Å². The lowest BCUT2D eigenvalue weighted by atomic mass is 10.0. The molecule has 0 spiro atoms. The number of carbonyl (C=O) groups excluding carboxylic acids is 1. The number of halogens is 3. The molecule has 0 N–H and O–H groups in total. The fourth-order valence-corrected chi connectivity index (χ4v) is 3.68. The smallest absolute Gasteiger partial charge is 0.170 e. The maximum Gasteiger partial charge on any atom is 0.170 e. The molecule has 2 aromatic rings. The van der Waals surface area contributed by atoms with Gasteiger partial charge in [0.1, 0.15) is 0 Å². The summed E-state index contributed by atoms with van der Waals surface area (Å²) in [6.07, 6.45) is 2.37. The summed E-state index contributed by atoms with van der Waals surface area (Å²) in [6.45, 7) is 0. The zero-order valence-corrected chi connectivity index (χ0v) is 15.9. The summed E-state index contributed by atoms with van der Waals surface area (Å²) in [5.41, 5.74) is 3.00. The molecule has 0 saturated carbocycles. The van der Waals surface area contributed by atoms with Crippen LogP contribution in [0.25, 0.3) is 0 Å². The number of allylic oxidation sites excluding steroid dienone is 2. The summed E-state index contributed by atoms with van der Waals surface area (Å²) in [4.78, 5) is 14.3. The molecule has 0 aliphatic heterocycles. The van der Waals surface area contributed by atoms with Crippen LogP contribution < -0.4 is 4.90 Å². The summed E-state index contributed by atoms with van der Waals surface area (Å²) in [5.74, 6) is 0.208. The van der Waals surface area contributed by atoms with E-state index in [2.05, 4.69) is 27.5 Å². The number of ketones is 1. The average Bonchev–Trinajstić information content (AvgIpc) is 2.55. The summed E-state index contributed by atoms with van der Waals surface area (Å²) < 4.78 is 0.804. The predicted octanol–water partition coefficient (Wildman–Crippen LogP) is 6.53. The van der Waals surface area contributed by atoms with Crippen molar-refractivity contribution in [1.82, 2.24) is 0 Å².